The van der Waals surface area contributed by atoms with Crippen LogP contribution < -0.4 is 29.2 Å². The van der Waals surface area contributed by atoms with Gasteiger partial charge in [-0.2, -0.15) is 46.1 Å². The predicted octanol–water partition coefficient (Wildman–Crippen LogP) is 12.2. The standard InChI is InChI=1S/C21H13Cl2N3O3.C20H13Cl2N3O4.C20H15ClFN3O4/c1-11-2-3-12-4-5-14(8-15(11)12)29-21-16(22)6-13(7-17(21)23)26-20(28)9-19(27)18(10-24)25-26;21-14-5-11(25-19(28)8-18(27)16(9-23)24-25)6-15(22)20(14)29-12-3-4-17(26)13(7-12)10-1-2-10;1-10(2)13-7-12(3-4-17(13)26)29-20-14(21)5-11(6-15(20)22)25-19(28)8-18(27)16(9-23)24-25/h2,4-8H,3,9H2,1H3;3,5-7,10H,1-2,4,8H2;3,5-7,10H,4,8H2,1-2H3. The number of hydrogen-bond donors (Lipinski definition) is 0. The van der Waals surface area contributed by atoms with Crippen LogP contribution in [0.2, 0.25) is 25.1 Å². The van der Waals surface area contributed by atoms with E-state index in [9.17, 15) is 42.7 Å². The second-order valence-corrected chi connectivity index (χ2v) is 22.2. The van der Waals surface area contributed by atoms with Crippen molar-refractivity contribution in [2.45, 2.75) is 72.1 Å². The highest BCUT2D eigenvalue weighted by molar-refractivity contribution is 6.52. The van der Waals surface area contributed by atoms with Gasteiger partial charge >= 0.3 is 0 Å². The first-order valence-corrected chi connectivity index (χ1v) is 28.1. The van der Waals surface area contributed by atoms with Gasteiger partial charge in [-0.3, -0.25) is 38.4 Å². The van der Waals surface area contributed by atoms with E-state index in [-0.39, 0.29) is 107 Å². The third-order valence-corrected chi connectivity index (χ3v) is 15.1. The molecule has 87 heavy (non-hydrogen) atoms. The summed E-state index contributed by atoms with van der Waals surface area (Å²) in [7, 11) is 0. The number of hydrazone groups is 3. The number of carbonyl (C=O) groups is 8. The average Bonchev–Trinajstić information content (AvgIpc) is 3.75. The van der Waals surface area contributed by atoms with E-state index in [0.717, 1.165) is 51.5 Å². The van der Waals surface area contributed by atoms with Gasteiger partial charge in [-0.25, -0.2) is 4.39 Å². The molecule has 438 valence electrons. The number of halogens is 6. The molecule has 3 aliphatic heterocycles. The van der Waals surface area contributed by atoms with Gasteiger partial charge in [0.25, 0.3) is 17.7 Å². The first-order valence-electron chi connectivity index (χ1n) is 26.2. The molecule has 0 saturated heterocycles. The van der Waals surface area contributed by atoms with Gasteiger partial charge in [-0.1, -0.05) is 84.0 Å². The van der Waals surface area contributed by atoms with Crippen LogP contribution in [0.1, 0.15) is 76.8 Å². The summed E-state index contributed by atoms with van der Waals surface area (Å²) in [6.07, 6.45) is 10.4. The first-order chi connectivity index (χ1) is 41.4. The summed E-state index contributed by atoms with van der Waals surface area (Å²) in [6.45, 7) is 5.78. The second-order valence-electron chi connectivity index (χ2n) is 20.1. The van der Waals surface area contributed by atoms with Gasteiger partial charge in [0.15, 0.2) is 34.6 Å². The van der Waals surface area contributed by atoms with Gasteiger partial charge in [0.05, 0.1) is 61.4 Å². The molecule has 7 aliphatic rings. The number of nitrogens with zero attached hydrogens (tertiary/aromatic N) is 9. The minimum Gasteiger partial charge on any atom is -0.455 e. The molecule has 11 rings (SSSR count). The SMILES string of the molecule is CC(C)C1=CC(Oc2c(F)cc(N3N=C(C#N)C(=O)CC3=O)cc2Cl)=CCC1=O.CC1=CCc2ccc(Oc3c(Cl)cc(N4N=C(C#N)C(=O)CC4=O)cc3Cl)cc21.N#CC1=NN(c2cc(Cl)c(OC3=CCC(=O)C(C4CC4)=C3)c(Cl)c2)C(=O)CC1=O. The molecule has 26 heteroatoms. The summed E-state index contributed by atoms with van der Waals surface area (Å²) in [4.78, 5) is 95.1. The number of amides is 3. The van der Waals surface area contributed by atoms with Crippen LogP contribution >= 0.6 is 58.0 Å². The third kappa shape index (κ3) is 13.8. The number of carbonyl (C=O) groups excluding carboxylic acids is 8. The fourth-order valence-electron chi connectivity index (χ4n) is 9.15. The topological polar surface area (TPSA) is 282 Å². The summed E-state index contributed by atoms with van der Waals surface area (Å²) in [5.74, 6) is -2.89. The van der Waals surface area contributed by atoms with Crippen LogP contribution in [-0.4, -0.2) is 63.8 Å². The van der Waals surface area contributed by atoms with Crippen LogP contribution in [0.5, 0.6) is 23.0 Å². The van der Waals surface area contributed by atoms with Crippen molar-refractivity contribution >= 4 is 144 Å². The Kier molecular flexibility index (Phi) is 18.6. The molecule has 0 spiro atoms. The summed E-state index contributed by atoms with van der Waals surface area (Å²) in [6, 6.07) is 18.7. The molecule has 0 unspecified atom stereocenters. The zero-order valence-corrected chi connectivity index (χ0v) is 49.5. The minimum absolute atomic E-state index is 0.0162. The number of rotatable bonds is 11. The van der Waals surface area contributed by atoms with E-state index in [2.05, 4.69) is 21.4 Å². The molecule has 0 atom stereocenters. The zero-order valence-electron chi connectivity index (χ0n) is 45.7. The van der Waals surface area contributed by atoms with Gasteiger partial charge in [-0.15, -0.1) is 0 Å². The van der Waals surface area contributed by atoms with Crippen molar-refractivity contribution in [1.29, 1.82) is 15.8 Å². The van der Waals surface area contributed by atoms with Gasteiger partial charge in [0.1, 0.15) is 35.5 Å². The van der Waals surface area contributed by atoms with Gasteiger partial charge in [0.2, 0.25) is 34.5 Å². The Morgan fingerprint density at radius 2 is 0.966 bits per heavy atom. The van der Waals surface area contributed by atoms with Crippen molar-refractivity contribution in [3.05, 3.63) is 150 Å². The zero-order chi connectivity index (χ0) is 62.7. The van der Waals surface area contributed by atoms with Crippen LogP contribution in [0.25, 0.3) is 5.57 Å². The average molecular weight is 1270 g/mol. The molecule has 0 radical (unpaired) electrons. The molecule has 1 fully saturated rings. The highest BCUT2D eigenvalue weighted by atomic mass is 35.5. The lowest BCUT2D eigenvalue weighted by atomic mass is 9.93. The largest absolute Gasteiger partial charge is 0.455 e. The summed E-state index contributed by atoms with van der Waals surface area (Å²) in [5.41, 5.74) is 4.09. The number of ketones is 5. The molecule has 4 aromatic carbocycles. The fraction of sp³-hybridized carbons (Fsp3) is 0.213. The van der Waals surface area contributed by atoms with Crippen LogP contribution in [0, 0.1) is 51.6 Å². The van der Waals surface area contributed by atoms with E-state index in [4.69, 9.17) is 88.0 Å². The van der Waals surface area contributed by atoms with E-state index in [1.807, 2.05) is 39.0 Å². The highest BCUT2D eigenvalue weighted by Crippen LogP contribution is 2.44. The normalized spacial score (nSPS) is 17.3. The van der Waals surface area contributed by atoms with E-state index in [0.29, 0.717) is 23.0 Å². The molecule has 1 saturated carbocycles. The van der Waals surface area contributed by atoms with Crippen molar-refractivity contribution in [2.75, 3.05) is 15.0 Å². The number of nitriles is 3. The summed E-state index contributed by atoms with van der Waals surface area (Å²) < 4.78 is 32.0. The summed E-state index contributed by atoms with van der Waals surface area (Å²) >= 11 is 31.5. The maximum Gasteiger partial charge on any atom is 0.255 e. The Bertz CT molecular complexity index is 3940. The lowest BCUT2D eigenvalue weighted by molar-refractivity contribution is -0.126. The van der Waals surface area contributed by atoms with E-state index in [1.165, 1.54) is 47.5 Å². The number of benzene rings is 4. The Morgan fingerprint density at radius 3 is 1.41 bits per heavy atom. The predicted molar refractivity (Wildman–Crippen MR) is 319 cm³/mol. The van der Waals surface area contributed by atoms with E-state index >= 15 is 0 Å². The highest BCUT2D eigenvalue weighted by Gasteiger charge is 2.35. The second kappa shape index (κ2) is 26.1. The fourth-order valence-corrected chi connectivity index (χ4v) is 10.5. The van der Waals surface area contributed by atoms with Crippen LogP contribution in [0.3, 0.4) is 0 Å². The molecule has 3 heterocycles. The van der Waals surface area contributed by atoms with E-state index < -0.39 is 65.9 Å². The monoisotopic (exact) mass is 1270 g/mol. The van der Waals surface area contributed by atoms with Crippen LogP contribution in [0.4, 0.5) is 21.5 Å². The number of anilines is 3. The Hall–Kier alpha value is -9.40. The van der Waals surface area contributed by atoms with Crippen molar-refractivity contribution < 1.29 is 57.0 Å². The summed E-state index contributed by atoms with van der Waals surface area (Å²) in [5, 5.41) is 41.2. The van der Waals surface area contributed by atoms with Crippen molar-refractivity contribution in [3.63, 3.8) is 0 Å². The van der Waals surface area contributed by atoms with Gasteiger partial charge in [0, 0.05) is 30.1 Å². The quantitative estimate of drug-likeness (QED) is 0.126. The first kappa shape index (κ1) is 62.1. The molecule has 4 aromatic rings. The lowest BCUT2D eigenvalue weighted by Crippen LogP contribution is -2.36. The maximum atomic E-state index is 14.7. The number of Topliss-reactive ketones (excluding diaryl/α,β-unsaturated/α-hetero) is 5. The number of hydrogen-bond acceptors (Lipinski definition) is 17. The van der Waals surface area contributed by atoms with Crippen molar-refractivity contribution in [2.24, 2.45) is 27.1 Å². The van der Waals surface area contributed by atoms with Crippen molar-refractivity contribution in [3.8, 4) is 41.2 Å². The molecule has 3 amide bonds. The number of ether oxygens (including phenoxy) is 3. The van der Waals surface area contributed by atoms with E-state index in [1.54, 1.807) is 36.4 Å². The molecule has 4 aliphatic carbocycles. The lowest BCUT2D eigenvalue weighted by Gasteiger charge is -2.22. The Labute approximate surface area is 519 Å². The molecular weight excluding hydrogens is 1230 g/mol. The number of allylic oxidation sites excluding steroid dienone is 8. The van der Waals surface area contributed by atoms with Gasteiger partial charge in [-0.05, 0) is 121 Å². The third-order valence-electron chi connectivity index (χ3n) is 13.7. The Morgan fingerprint density at radius 1 is 0.540 bits per heavy atom. The van der Waals surface area contributed by atoms with Crippen molar-refractivity contribution in [1.82, 2.24) is 0 Å². The van der Waals surface area contributed by atoms with Crippen LogP contribution in [-0.2, 0) is 44.8 Å². The van der Waals surface area contributed by atoms with Gasteiger partial charge < -0.3 is 14.2 Å². The minimum atomic E-state index is -0.872. The Balaban J connectivity index is 0.000000156. The smallest absolute Gasteiger partial charge is 0.255 e. The molecule has 0 N–H and O–H groups in total. The molecule has 0 bridgehead atoms. The maximum absolute atomic E-state index is 14.7. The van der Waals surface area contributed by atoms with Crippen LogP contribution in [0.15, 0.2) is 123 Å². The molecule has 0 aromatic heterocycles. The molecular formula is C61H41Cl5FN9O11. The molecule has 20 nitrogen and oxygen atoms in total. The number of fused-ring (bicyclic) bond motifs is 1.